The van der Waals surface area contributed by atoms with Crippen LogP contribution in [0.15, 0.2) is 92.3 Å². The van der Waals surface area contributed by atoms with Gasteiger partial charge >= 0.3 is 0 Å². The predicted octanol–water partition coefficient (Wildman–Crippen LogP) is 5.46. The molecule has 3 aromatic carbocycles. The largest absolute Gasteiger partial charge is 0.496 e. The van der Waals surface area contributed by atoms with E-state index in [1.54, 1.807) is 23.7 Å². The van der Waals surface area contributed by atoms with E-state index in [4.69, 9.17) is 19.2 Å². The van der Waals surface area contributed by atoms with E-state index in [-0.39, 0.29) is 11.5 Å². The first-order chi connectivity index (χ1) is 21.3. The summed E-state index contributed by atoms with van der Waals surface area (Å²) in [5.74, 6) is 1.60. The highest BCUT2D eigenvalue weighted by molar-refractivity contribution is 9.10. The summed E-state index contributed by atoms with van der Waals surface area (Å²) in [6.45, 7) is 7.18. The van der Waals surface area contributed by atoms with Gasteiger partial charge in [-0.1, -0.05) is 63.7 Å². The smallest absolute Gasteiger partial charge is 0.271 e. The molecule has 44 heavy (non-hydrogen) atoms. The van der Waals surface area contributed by atoms with Crippen LogP contribution in [0.1, 0.15) is 43.5 Å². The lowest BCUT2D eigenvalue weighted by atomic mass is 9.94. The second-order valence-corrected chi connectivity index (χ2v) is 12.1. The fourth-order valence-corrected chi connectivity index (χ4v) is 6.56. The molecule has 1 aromatic heterocycles. The Bertz CT molecular complexity index is 1890. The molecule has 1 aliphatic rings. The van der Waals surface area contributed by atoms with E-state index in [0.717, 1.165) is 21.2 Å². The lowest BCUT2D eigenvalue weighted by molar-refractivity contribution is -0.127. The van der Waals surface area contributed by atoms with Crippen LogP contribution >= 0.6 is 27.3 Å². The summed E-state index contributed by atoms with van der Waals surface area (Å²) in [4.78, 5) is 35.0. The molecular weight excluding hydrogens is 642 g/mol. The Kier molecular flexibility index (Phi) is 9.71. The van der Waals surface area contributed by atoms with Crippen molar-refractivity contribution in [3.05, 3.63) is 119 Å². The molecule has 0 saturated carbocycles. The molecule has 0 unspecified atom stereocenters. The van der Waals surface area contributed by atoms with Crippen molar-refractivity contribution in [2.24, 2.45) is 4.99 Å². The van der Waals surface area contributed by atoms with Crippen molar-refractivity contribution < 1.29 is 19.0 Å². The molecule has 4 aromatic rings. The average molecular weight is 677 g/mol. The topological polar surface area (TPSA) is 82.4 Å². The van der Waals surface area contributed by atoms with Crippen LogP contribution in [-0.4, -0.2) is 42.7 Å². The third kappa shape index (κ3) is 6.23. The minimum atomic E-state index is -0.693. The highest BCUT2D eigenvalue weighted by atomic mass is 79.9. The van der Waals surface area contributed by atoms with Crippen molar-refractivity contribution in [1.29, 1.82) is 0 Å². The Labute approximate surface area is 268 Å². The molecule has 0 fully saturated rings. The Morgan fingerprint density at radius 3 is 2.39 bits per heavy atom. The minimum absolute atomic E-state index is 0.148. The summed E-state index contributed by atoms with van der Waals surface area (Å²) in [7, 11) is 3.18. The Hall–Kier alpha value is -4.15. The Morgan fingerprint density at radius 2 is 1.70 bits per heavy atom. The van der Waals surface area contributed by atoms with Gasteiger partial charge in [0.2, 0.25) is 0 Å². The summed E-state index contributed by atoms with van der Waals surface area (Å²) in [6.07, 6.45) is 1.81. The van der Waals surface area contributed by atoms with Crippen molar-refractivity contribution in [3.8, 4) is 17.2 Å². The first-order valence-electron chi connectivity index (χ1n) is 14.3. The molecule has 0 spiro atoms. The number of methoxy groups -OCH3 is 2. The summed E-state index contributed by atoms with van der Waals surface area (Å²) < 4.78 is 20.5. The molecule has 1 amide bonds. The van der Waals surface area contributed by atoms with Crippen LogP contribution in [0.4, 0.5) is 0 Å². The van der Waals surface area contributed by atoms with Gasteiger partial charge in [-0.2, -0.15) is 0 Å². The van der Waals surface area contributed by atoms with E-state index in [0.29, 0.717) is 57.5 Å². The number of likely N-dealkylation sites (N-methyl/N-ethyl adjacent to an activating group) is 1. The molecule has 0 aliphatic carbocycles. The molecule has 0 radical (unpaired) electrons. The monoisotopic (exact) mass is 675 g/mol. The number of fused-ring (bicyclic) bond motifs is 1. The number of para-hydroxylation sites is 1. The number of halogens is 1. The number of carbonyl (C=O) groups excluding carboxylic acids is 1. The summed E-state index contributed by atoms with van der Waals surface area (Å²) >= 11 is 4.74. The third-order valence-corrected chi connectivity index (χ3v) is 9.04. The van der Waals surface area contributed by atoms with Gasteiger partial charge in [-0.25, -0.2) is 4.99 Å². The second kappa shape index (κ2) is 13.7. The van der Waals surface area contributed by atoms with Crippen LogP contribution in [-0.2, 0) is 11.4 Å². The van der Waals surface area contributed by atoms with Gasteiger partial charge in [-0.15, -0.1) is 0 Å². The number of allylic oxidation sites excluding steroid dienone is 1. The fraction of sp³-hybridized carbons (Fsp3) is 0.265. The van der Waals surface area contributed by atoms with Gasteiger partial charge in [0.1, 0.15) is 18.4 Å². The van der Waals surface area contributed by atoms with Crippen molar-refractivity contribution in [2.45, 2.75) is 33.4 Å². The number of rotatable bonds is 10. The number of aromatic nitrogens is 1. The first-order valence-corrected chi connectivity index (χ1v) is 15.9. The Balaban J connectivity index is 1.58. The van der Waals surface area contributed by atoms with Crippen molar-refractivity contribution in [2.75, 3.05) is 27.3 Å². The quantitative estimate of drug-likeness (QED) is 0.223. The standard InChI is InChI=1S/C34H34BrN3O5S/c1-6-37(7-2)33(40)30-21(3)36-34-38(31(30)25-10-8-9-11-26(25)41-4)32(39)29(44-34)19-23-14-17-27(28(18-23)42-5)43-20-22-12-15-24(35)16-13-22/h8-19,31H,6-7,20H2,1-5H3/b29-19+/t31-/m1/s1. The number of ether oxygens (including phenoxy) is 3. The second-order valence-electron chi connectivity index (χ2n) is 10.1. The SMILES string of the molecule is CCN(CC)C(=O)C1=C(C)N=c2s/c(=C/c3ccc(OCc4ccc(Br)cc4)c(OC)c3)c(=O)n2[C@@H]1c1ccccc1OC. The molecular formula is C34H34BrN3O5S. The summed E-state index contributed by atoms with van der Waals surface area (Å²) in [5.41, 5.74) is 3.33. The van der Waals surface area contributed by atoms with Gasteiger partial charge in [0, 0.05) is 23.1 Å². The zero-order chi connectivity index (χ0) is 31.4. The molecule has 5 rings (SSSR count). The predicted molar refractivity (Wildman–Crippen MR) is 176 cm³/mol. The maximum atomic E-state index is 14.1. The van der Waals surface area contributed by atoms with Crippen LogP contribution in [0, 0.1) is 0 Å². The number of amides is 1. The summed E-state index contributed by atoms with van der Waals surface area (Å²) in [6, 6.07) is 20.3. The van der Waals surface area contributed by atoms with E-state index >= 15 is 0 Å². The van der Waals surface area contributed by atoms with E-state index in [2.05, 4.69) is 15.9 Å². The number of benzene rings is 3. The van der Waals surface area contributed by atoms with Crippen LogP contribution < -0.4 is 29.1 Å². The van der Waals surface area contributed by atoms with E-state index in [1.807, 2.05) is 93.6 Å². The van der Waals surface area contributed by atoms with Crippen LogP contribution in [0.25, 0.3) is 6.08 Å². The molecule has 1 aliphatic heterocycles. The number of carbonyl (C=O) groups is 1. The van der Waals surface area contributed by atoms with E-state index < -0.39 is 6.04 Å². The lowest BCUT2D eigenvalue weighted by Gasteiger charge is -2.29. The van der Waals surface area contributed by atoms with Crippen molar-refractivity contribution in [3.63, 3.8) is 0 Å². The zero-order valence-corrected chi connectivity index (χ0v) is 27.7. The number of thiazole rings is 1. The van der Waals surface area contributed by atoms with E-state index in [9.17, 15) is 9.59 Å². The molecule has 2 heterocycles. The molecule has 8 nitrogen and oxygen atoms in total. The van der Waals surface area contributed by atoms with Crippen LogP contribution in [0.5, 0.6) is 17.2 Å². The summed E-state index contributed by atoms with van der Waals surface area (Å²) in [5, 5.41) is 0. The average Bonchev–Trinajstić information content (AvgIpc) is 3.34. The molecule has 0 N–H and O–H groups in total. The third-order valence-electron chi connectivity index (χ3n) is 7.53. The number of hydrogen-bond donors (Lipinski definition) is 0. The van der Waals surface area contributed by atoms with Gasteiger partial charge in [-0.05, 0) is 68.3 Å². The first kappa shape index (κ1) is 31.3. The van der Waals surface area contributed by atoms with Gasteiger partial charge in [-0.3, -0.25) is 14.2 Å². The van der Waals surface area contributed by atoms with Gasteiger partial charge in [0.15, 0.2) is 16.3 Å². The van der Waals surface area contributed by atoms with Gasteiger partial charge in [0.25, 0.3) is 11.5 Å². The zero-order valence-electron chi connectivity index (χ0n) is 25.3. The lowest BCUT2D eigenvalue weighted by Crippen LogP contribution is -2.43. The van der Waals surface area contributed by atoms with Crippen LogP contribution in [0.2, 0.25) is 0 Å². The molecule has 10 heteroatoms. The molecule has 228 valence electrons. The van der Waals surface area contributed by atoms with Gasteiger partial charge in [0.05, 0.1) is 30.0 Å². The number of nitrogens with zero attached hydrogens (tertiary/aromatic N) is 3. The normalized spacial score (nSPS) is 14.6. The number of hydrogen-bond acceptors (Lipinski definition) is 7. The highest BCUT2D eigenvalue weighted by Crippen LogP contribution is 2.36. The Morgan fingerprint density at radius 1 is 1.00 bits per heavy atom. The van der Waals surface area contributed by atoms with E-state index in [1.165, 1.54) is 11.3 Å². The minimum Gasteiger partial charge on any atom is -0.496 e. The van der Waals surface area contributed by atoms with Gasteiger partial charge < -0.3 is 19.1 Å². The highest BCUT2D eigenvalue weighted by Gasteiger charge is 2.35. The van der Waals surface area contributed by atoms with Crippen molar-refractivity contribution in [1.82, 2.24) is 9.47 Å². The molecule has 0 bridgehead atoms. The van der Waals surface area contributed by atoms with Crippen molar-refractivity contribution >= 4 is 39.2 Å². The maximum Gasteiger partial charge on any atom is 0.271 e. The molecule has 0 saturated heterocycles. The van der Waals surface area contributed by atoms with Crippen LogP contribution in [0.3, 0.4) is 0 Å². The molecule has 1 atom stereocenters. The fourth-order valence-electron chi connectivity index (χ4n) is 5.25. The maximum absolute atomic E-state index is 14.1.